The monoisotopic (exact) mass is 287 g/mol. The summed E-state index contributed by atoms with van der Waals surface area (Å²) in [7, 11) is 0. The van der Waals surface area contributed by atoms with Crippen molar-refractivity contribution < 1.29 is 0 Å². The minimum atomic E-state index is 0.0455. The Morgan fingerprint density at radius 1 is 1.35 bits per heavy atom. The van der Waals surface area contributed by atoms with Gasteiger partial charge in [-0.1, -0.05) is 20.8 Å². The van der Waals surface area contributed by atoms with Gasteiger partial charge < -0.3 is 5.32 Å². The Bertz CT molecular complexity index is 621. The highest BCUT2D eigenvalue weighted by molar-refractivity contribution is 7.15. The van der Waals surface area contributed by atoms with Crippen molar-refractivity contribution in [1.82, 2.24) is 15.0 Å². The van der Waals surface area contributed by atoms with Crippen LogP contribution in [-0.4, -0.2) is 21.5 Å². The van der Waals surface area contributed by atoms with Crippen LogP contribution in [0.25, 0.3) is 10.6 Å². The number of nitriles is 1. The van der Waals surface area contributed by atoms with E-state index in [9.17, 15) is 0 Å². The number of rotatable bonds is 4. The normalized spacial score (nSPS) is 11.1. The summed E-state index contributed by atoms with van der Waals surface area (Å²) in [5.41, 5.74) is 0.900. The second-order valence-corrected chi connectivity index (χ2v) is 6.41. The minimum Gasteiger partial charge on any atom is -0.353 e. The molecule has 0 saturated carbocycles. The summed E-state index contributed by atoms with van der Waals surface area (Å²) in [6.45, 7) is 6.98. The quantitative estimate of drug-likeness (QED) is 0.874. The summed E-state index contributed by atoms with van der Waals surface area (Å²) in [5, 5.41) is 12.6. The Morgan fingerprint density at radius 2 is 2.15 bits per heavy atom. The van der Waals surface area contributed by atoms with E-state index in [2.05, 4.69) is 47.1 Å². The third kappa shape index (κ3) is 3.52. The molecule has 6 heteroatoms. The molecule has 0 radical (unpaired) electrons. The van der Waals surface area contributed by atoms with E-state index in [0.717, 1.165) is 15.6 Å². The van der Waals surface area contributed by atoms with Crippen LogP contribution < -0.4 is 5.32 Å². The summed E-state index contributed by atoms with van der Waals surface area (Å²) in [4.78, 5) is 14.1. The molecule has 0 amide bonds. The number of hydrogen-bond donors (Lipinski definition) is 1. The zero-order chi connectivity index (χ0) is 14.6. The molecule has 5 nitrogen and oxygen atoms in total. The molecule has 0 atom stereocenters. The molecule has 0 saturated heterocycles. The summed E-state index contributed by atoms with van der Waals surface area (Å²) < 4.78 is 0. The first kappa shape index (κ1) is 14.4. The molecule has 0 unspecified atom stereocenters. The van der Waals surface area contributed by atoms with Gasteiger partial charge in [0, 0.05) is 24.4 Å². The van der Waals surface area contributed by atoms with Gasteiger partial charge in [-0.05, 0) is 6.07 Å². The molecule has 0 fully saturated rings. The van der Waals surface area contributed by atoms with Crippen LogP contribution in [0.15, 0.2) is 18.5 Å². The lowest BCUT2D eigenvalue weighted by Gasteiger charge is -2.13. The number of hydrogen-bond acceptors (Lipinski definition) is 6. The van der Waals surface area contributed by atoms with Crippen molar-refractivity contribution in [2.45, 2.75) is 32.6 Å². The van der Waals surface area contributed by atoms with E-state index in [-0.39, 0.29) is 5.41 Å². The summed E-state index contributed by atoms with van der Waals surface area (Å²) in [6.07, 6.45) is 4.00. The molecule has 0 aliphatic carbocycles. The minimum absolute atomic E-state index is 0.0455. The highest BCUT2D eigenvalue weighted by atomic mass is 32.1. The maximum Gasteiger partial charge on any atom is 0.223 e. The van der Waals surface area contributed by atoms with E-state index in [4.69, 9.17) is 5.26 Å². The van der Waals surface area contributed by atoms with E-state index < -0.39 is 0 Å². The van der Waals surface area contributed by atoms with Crippen LogP contribution >= 0.6 is 11.3 Å². The second-order valence-electron chi connectivity index (χ2n) is 5.38. The van der Waals surface area contributed by atoms with Crippen LogP contribution in [-0.2, 0) is 5.41 Å². The SMILES string of the molecule is CC(C)(C)c1ncc(-c2ccnc(NCCC#N)n2)s1. The molecule has 0 aromatic carbocycles. The van der Waals surface area contributed by atoms with Gasteiger partial charge in [0.1, 0.15) is 0 Å². The zero-order valence-corrected chi connectivity index (χ0v) is 12.7. The molecule has 0 aliphatic rings. The van der Waals surface area contributed by atoms with Crippen LogP contribution in [0.2, 0.25) is 0 Å². The molecular formula is C14H17N5S. The third-order valence-corrected chi connectivity index (χ3v) is 4.02. The second kappa shape index (κ2) is 5.97. The van der Waals surface area contributed by atoms with Crippen LogP contribution in [0.4, 0.5) is 5.95 Å². The van der Waals surface area contributed by atoms with Gasteiger partial charge in [-0.2, -0.15) is 5.26 Å². The molecule has 2 heterocycles. The van der Waals surface area contributed by atoms with Crippen molar-refractivity contribution in [3.63, 3.8) is 0 Å². The Labute approximate surface area is 122 Å². The number of nitrogens with one attached hydrogen (secondary N) is 1. The van der Waals surface area contributed by atoms with Gasteiger partial charge in [0.25, 0.3) is 0 Å². The Kier molecular flexibility index (Phi) is 4.30. The molecule has 0 bridgehead atoms. The van der Waals surface area contributed by atoms with Crippen LogP contribution in [0, 0.1) is 11.3 Å². The molecule has 1 N–H and O–H groups in total. The van der Waals surface area contributed by atoms with Crippen molar-refractivity contribution >= 4 is 17.3 Å². The van der Waals surface area contributed by atoms with Crippen molar-refractivity contribution in [2.75, 3.05) is 11.9 Å². The molecule has 0 aliphatic heterocycles. The van der Waals surface area contributed by atoms with Gasteiger partial charge in [0.05, 0.1) is 28.1 Å². The molecular weight excluding hydrogens is 270 g/mol. The molecule has 104 valence electrons. The lowest BCUT2D eigenvalue weighted by atomic mass is 9.98. The molecule has 2 rings (SSSR count). The van der Waals surface area contributed by atoms with Crippen molar-refractivity contribution in [3.8, 4) is 16.6 Å². The van der Waals surface area contributed by atoms with E-state index in [1.54, 1.807) is 17.5 Å². The van der Waals surface area contributed by atoms with Gasteiger partial charge in [0.2, 0.25) is 5.95 Å². The lowest BCUT2D eigenvalue weighted by Crippen LogP contribution is -2.09. The Balaban J connectivity index is 2.19. The van der Waals surface area contributed by atoms with Crippen LogP contribution in [0.3, 0.4) is 0 Å². The summed E-state index contributed by atoms with van der Waals surface area (Å²) in [5.74, 6) is 0.545. The van der Waals surface area contributed by atoms with E-state index in [0.29, 0.717) is 18.9 Å². The standard InChI is InChI=1S/C14H17N5S/c1-14(2,3)12-18-9-11(20-12)10-5-8-17-13(19-10)16-7-4-6-15/h5,8-9H,4,7H2,1-3H3,(H,16,17,19). The molecule has 20 heavy (non-hydrogen) atoms. The Hall–Kier alpha value is -2.00. The first-order valence-corrected chi connectivity index (χ1v) is 7.23. The maximum atomic E-state index is 8.52. The first-order chi connectivity index (χ1) is 9.50. The number of anilines is 1. The average Bonchev–Trinajstić information content (AvgIpc) is 2.89. The smallest absolute Gasteiger partial charge is 0.223 e. The van der Waals surface area contributed by atoms with Gasteiger partial charge in [-0.25, -0.2) is 15.0 Å². The van der Waals surface area contributed by atoms with Crippen LogP contribution in [0.1, 0.15) is 32.2 Å². The molecule has 2 aromatic heterocycles. The van der Waals surface area contributed by atoms with E-state index in [1.807, 2.05) is 12.3 Å². The zero-order valence-electron chi connectivity index (χ0n) is 11.8. The number of thiazole rings is 1. The molecule has 0 spiro atoms. The van der Waals surface area contributed by atoms with Crippen molar-refractivity contribution in [2.24, 2.45) is 0 Å². The van der Waals surface area contributed by atoms with E-state index >= 15 is 0 Å². The van der Waals surface area contributed by atoms with Crippen LogP contribution in [0.5, 0.6) is 0 Å². The Morgan fingerprint density at radius 3 is 2.80 bits per heavy atom. The average molecular weight is 287 g/mol. The predicted molar refractivity (Wildman–Crippen MR) is 80.6 cm³/mol. The van der Waals surface area contributed by atoms with Gasteiger partial charge in [-0.3, -0.25) is 0 Å². The highest BCUT2D eigenvalue weighted by Crippen LogP contribution is 2.31. The van der Waals surface area contributed by atoms with Crippen molar-refractivity contribution in [1.29, 1.82) is 5.26 Å². The first-order valence-electron chi connectivity index (χ1n) is 6.41. The largest absolute Gasteiger partial charge is 0.353 e. The fraction of sp³-hybridized carbons (Fsp3) is 0.429. The summed E-state index contributed by atoms with van der Waals surface area (Å²) >= 11 is 1.65. The highest BCUT2D eigenvalue weighted by Gasteiger charge is 2.18. The third-order valence-electron chi connectivity index (χ3n) is 2.58. The fourth-order valence-corrected chi connectivity index (χ4v) is 2.49. The number of nitrogens with zero attached hydrogens (tertiary/aromatic N) is 4. The molecule has 2 aromatic rings. The number of aromatic nitrogens is 3. The van der Waals surface area contributed by atoms with Crippen molar-refractivity contribution in [3.05, 3.63) is 23.5 Å². The lowest BCUT2D eigenvalue weighted by molar-refractivity contribution is 0.585. The predicted octanol–water partition coefficient (Wildman–Crippen LogP) is 3.22. The van der Waals surface area contributed by atoms with E-state index in [1.165, 1.54) is 0 Å². The summed E-state index contributed by atoms with van der Waals surface area (Å²) in [6, 6.07) is 3.95. The van der Waals surface area contributed by atoms with Gasteiger partial charge in [-0.15, -0.1) is 11.3 Å². The fourth-order valence-electron chi connectivity index (χ4n) is 1.55. The maximum absolute atomic E-state index is 8.52. The van der Waals surface area contributed by atoms with Gasteiger partial charge in [0.15, 0.2) is 0 Å². The van der Waals surface area contributed by atoms with Gasteiger partial charge >= 0.3 is 0 Å². The topological polar surface area (TPSA) is 74.5 Å².